The molecule has 0 aromatic rings. The van der Waals surface area contributed by atoms with Crippen molar-refractivity contribution in [1.29, 1.82) is 0 Å². The molecule has 0 saturated carbocycles. The monoisotopic (exact) mass is 98.1 g/mol. The molecule has 1 aliphatic rings. The fourth-order valence-corrected chi connectivity index (χ4v) is 0.901. The molecule has 0 heterocycles. The molecular weight excluding hydrogens is 88.1 g/mol. The zero-order chi connectivity index (χ0) is 5.44. The maximum Gasteiger partial charge on any atom is 0.0807 e. The zero-order valence-electron chi connectivity index (χ0n) is 4.68. The molecule has 0 amide bonds. The summed E-state index contributed by atoms with van der Waals surface area (Å²) in [6.07, 6.45) is 1.94. The highest BCUT2D eigenvalue weighted by atomic mass is 16.3. The Hall–Kier alpha value is -0.300. The molecule has 1 nitrogen and oxygen atoms in total. The van der Waals surface area contributed by atoms with E-state index in [1.165, 1.54) is 0 Å². The molecule has 1 N–H and O–H groups in total. The standard InChI is InChI=1S/C6H10O/c1-4-3-5(2)6(4)7/h3-4,6-7H,1-2H3. The number of hydrogen-bond donors (Lipinski definition) is 1. The lowest BCUT2D eigenvalue weighted by Crippen LogP contribution is -2.26. The lowest BCUT2D eigenvalue weighted by atomic mass is 9.86. The van der Waals surface area contributed by atoms with Crippen LogP contribution in [0.3, 0.4) is 0 Å². The van der Waals surface area contributed by atoms with Gasteiger partial charge in [-0.25, -0.2) is 0 Å². The van der Waals surface area contributed by atoms with Crippen molar-refractivity contribution in [2.75, 3.05) is 0 Å². The Morgan fingerprint density at radius 1 is 1.71 bits per heavy atom. The first-order valence-corrected chi connectivity index (χ1v) is 2.58. The highest BCUT2D eigenvalue weighted by Gasteiger charge is 2.21. The van der Waals surface area contributed by atoms with Crippen molar-refractivity contribution in [3.05, 3.63) is 11.6 Å². The van der Waals surface area contributed by atoms with Gasteiger partial charge in [-0.1, -0.05) is 13.0 Å². The predicted octanol–water partition coefficient (Wildman–Crippen LogP) is 0.943. The van der Waals surface area contributed by atoms with Gasteiger partial charge >= 0.3 is 0 Å². The van der Waals surface area contributed by atoms with E-state index in [9.17, 15) is 0 Å². The van der Waals surface area contributed by atoms with E-state index in [2.05, 4.69) is 6.08 Å². The Labute approximate surface area is 43.7 Å². The summed E-state index contributed by atoms with van der Waals surface area (Å²) >= 11 is 0. The molecule has 1 aliphatic carbocycles. The number of rotatable bonds is 0. The van der Waals surface area contributed by atoms with Gasteiger partial charge in [0.05, 0.1) is 6.10 Å². The van der Waals surface area contributed by atoms with Gasteiger partial charge in [-0.3, -0.25) is 0 Å². The van der Waals surface area contributed by atoms with Crippen LogP contribution in [0.4, 0.5) is 0 Å². The van der Waals surface area contributed by atoms with Crippen LogP contribution in [0.5, 0.6) is 0 Å². The molecule has 40 valence electrons. The average molecular weight is 98.1 g/mol. The highest BCUT2D eigenvalue weighted by Crippen LogP contribution is 2.24. The van der Waals surface area contributed by atoms with E-state index in [4.69, 9.17) is 5.11 Å². The van der Waals surface area contributed by atoms with Gasteiger partial charge in [0.1, 0.15) is 0 Å². The molecule has 0 bridgehead atoms. The van der Waals surface area contributed by atoms with E-state index < -0.39 is 0 Å². The van der Waals surface area contributed by atoms with Crippen LogP contribution >= 0.6 is 0 Å². The fraction of sp³-hybridized carbons (Fsp3) is 0.667. The maximum atomic E-state index is 8.92. The van der Waals surface area contributed by atoms with Crippen molar-refractivity contribution in [3.63, 3.8) is 0 Å². The number of aliphatic hydroxyl groups excluding tert-OH is 1. The maximum absolute atomic E-state index is 8.92. The first kappa shape index (κ1) is 4.85. The number of aliphatic hydroxyl groups is 1. The van der Waals surface area contributed by atoms with Crippen LogP contribution < -0.4 is 0 Å². The molecule has 0 saturated heterocycles. The second-order valence-corrected chi connectivity index (χ2v) is 2.21. The minimum atomic E-state index is -0.139. The summed E-state index contributed by atoms with van der Waals surface area (Å²) in [5.74, 6) is 0.403. The van der Waals surface area contributed by atoms with E-state index in [0.717, 1.165) is 5.57 Å². The third-order valence-corrected chi connectivity index (χ3v) is 1.49. The third-order valence-electron chi connectivity index (χ3n) is 1.49. The Bertz CT molecular complexity index is 105. The van der Waals surface area contributed by atoms with Gasteiger partial charge < -0.3 is 5.11 Å². The summed E-state index contributed by atoms with van der Waals surface area (Å²) in [5.41, 5.74) is 1.12. The van der Waals surface area contributed by atoms with Crippen molar-refractivity contribution in [1.82, 2.24) is 0 Å². The van der Waals surface area contributed by atoms with Crippen molar-refractivity contribution < 1.29 is 5.11 Å². The minimum Gasteiger partial charge on any atom is -0.388 e. The molecule has 0 fully saturated rings. The molecular formula is C6H10O. The molecule has 2 atom stereocenters. The fourth-order valence-electron chi connectivity index (χ4n) is 0.901. The summed E-state index contributed by atoms with van der Waals surface area (Å²) in [5, 5.41) is 8.92. The molecule has 0 spiro atoms. The molecule has 0 radical (unpaired) electrons. The molecule has 1 heteroatoms. The van der Waals surface area contributed by atoms with Crippen LogP contribution in [0.25, 0.3) is 0 Å². The number of hydrogen-bond acceptors (Lipinski definition) is 1. The van der Waals surface area contributed by atoms with Gasteiger partial charge in [0.2, 0.25) is 0 Å². The molecule has 0 aromatic heterocycles. The summed E-state index contributed by atoms with van der Waals surface area (Å²) in [4.78, 5) is 0. The largest absolute Gasteiger partial charge is 0.388 e. The summed E-state index contributed by atoms with van der Waals surface area (Å²) in [6.45, 7) is 3.96. The summed E-state index contributed by atoms with van der Waals surface area (Å²) < 4.78 is 0. The van der Waals surface area contributed by atoms with E-state index in [0.29, 0.717) is 5.92 Å². The second kappa shape index (κ2) is 1.34. The van der Waals surface area contributed by atoms with Gasteiger partial charge in [0.25, 0.3) is 0 Å². The minimum absolute atomic E-state index is 0.139. The normalized spacial score (nSPS) is 39.6. The SMILES string of the molecule is CC1=CC(C)C1O. The lowest BCUT2D eigenvalue weighted by molar-refractivity contribution is 0.148. The van der Waals surface area contributed by atoms with Crippen molar-refractivity contribution >= 4 is 0 Å². The van der Waals surface area contributed by atoms with Crippen LogP contribution in [0.2, 0.25) is 0 Å². The first-order chi connectivity index (χ1) is 3.22. The topological polar surface area (TPSA) is 20.2 Å². The average Bonchev–Trinajstić information content (AvgIpc) is 1.68. The molecule has 1 rings (SSSR count). The quantitative estimate of drug-likeness (QED) is 0.447. The van der Waals surface area contributed by atoms with Crippen LogP contribution in [0.1, 0.15) is 13.8 Å². The first-order valence-electron chi connectivity index (χ1n) is 2.58. The van der Waals surface area contributed by atoms with Crippen molar-refractivity contribution in [3.8, 4) is 0 Å². The predicted molar refractivity (Wildman–Crippen MR) is 28.9 cm³/mol. The van der Waals surface area contributed by atoms with E-state index >= 15 is 0 Å². The van der Waals surface area contributed by atoms with E-state index in [1.807, 2.05) is 13.8 Å². The highest BCUT2D eigenvalue weighted by molar-refractivity contribution is 5.19. The van der Waals surface area contributed by atoms with Crippen LogP contribution in [0, 0.1) is 5.92 Å². The summed E-state index contributed by atoms with van der Waals surface area (Å²) in [6, 6.07) is 0. The van der Waals surface area contributed by atoms with Crippen LogP contribution in [-0.2, 0) is 0 Å². The Morgan fingerprint density at radius 3 is 2.29 bits per heavy atom. The van der Waals surface area contributed by atoms with Gasteiger partial charge in [0, 0.05) is 5.92 Å². The third kappa shape index (κ3) is 0.570. The zero-order valence-corrected chi connectivity index (χ0v) is 4.68. The molecule has 0 aromatic carbocycles. The van der Waals surface area contributed by atoms with E-state index in [1.54, 1.807) is 0 Å². The molecule has 0 aliphatic heterocycles. The van der Waals surface area contributed by atoms with E-state index in [-0.39, 0.29) is 6.10 Å². The van der Waals surface area contributed by atoms with Crippen molar-refractivity contribution in [2.24, 2.45) is 5.92 Å². The van der Waals surface area contributed by atoms with Crippen LogP contribution in [-0.4, -0.2) is 11.2 Å². The summed E-state index contributed by atoms with van der Waals surface area (Å²) in [7, 11) is 0. The van der Waals surface area contributed by atoms with Crippen molar-refractivity contribution in [2.45, 2.75) is 20.0 Å². The molecule has 7 heavy (non-hydrogen) atoms. The van der Waals surface area contributed by atoms with Crippen LogP contribution in [0.15, 0.2) is 11.6 Å². The smallest absolute Gasteiger partial charge is 0.0807 e. The Balaban J connectivity index is 2.57. The second-order valence-electron chi connectivity index (χ2n) is 2.21. The van der Waals surface area contributed by atoms with Gasteiger partial charge in [-0.15, -0.1) is 0 Å². The Kier molecular flexibility index (Phi) is 0.927. The Morgan fingerprint density at radius 2 is 2.29 bits per heavy atom. The van der Waals surface area contributed by atoms with Gasteiger partial charge in [-0.2, -0.15) is 0 Å². The molecule has 2 unspecified atom stereocenters. The lowest BCUT2D eigenvalue weighted by Gasteiger charge is -2.26. The van der Waals surface area contributed by atoms with Gasteiger partial charge in [-0.05, 0) is 12.5 Å². The van der Waals surface area contributed by atoms with Gasteiger partial charge in [0.15, 0.2) is 0 Å².